The van der Waals surface area contributed by atoms with Crippen LogP contribution in [0.3, 0.4) is 0 Å². The van der Waals surface area contributed by atoms with Gasteiger partial charge >= 0.3 is 0 Å². The second kappa shape index (κ2) is 3.59. The Bertz CT molecular complexity index is 436. The van der Waals surface area contributed by atoms with Crippen molar-refractivity contribution in [1.29, 1.82) is 0 Å². The molecule has 0 atom stereocenters. The minimum Gasteiger partial charge on any atom is -0.398 e. The summed E-state index contributed by atoms with van der Waals surface area (Å²) >= 11 is 0. The number of aromatic nitrogens is 1. The molecule has 0 fully saturated rings. The average Bonchev–Trinajstić information content (AvgIpc) is 2.60. The van der Waals surface area contributed by atoms with Crippen molar-refractivity contribution in [3.8, 4) is 0 Å². The number of anilines is 1. The smallest absolute Gasteiger partial charge is 0.0713 e. The highest BCUT2D eigenvalue weighted by Gasteiger charge is 2.01. The first-order valence-corrected chi connectivity index (χ1v) is 4.53. The molecular weight excluding hydrogens is 178 g/mol. The van der Waals surface area contributed by atoms with E-state index in [2.05, 4.69) is 5.43 Å². The van der Waals surface area contributed by atoms with Crippen molar-refractivity contribution in [2.45, 2.75) is 0 Å². The summed E-state index contributed by atoms with van der Waals surface area (Å²) in [6.07, 6.45) is 1.90. The number of nitrogens with one attached hydrogen (secondary N) is 1. The van der Waals surface area contributed by atoms with E-state index in [4.69, 9.17) is 10.8 Å². The van der Waals surface area contributed by atoms with Gasteiger partial charge < -0.3 is 16.3 Å². The maximum atomic E-state index is 8.69. The van der Waals surface area contributed by atoms with Gasteiger partial charge in [-0.3, -0.25) is 4.68 Å². The van der Waals surface area contributed by atoms with Gasteiger partial charge in [-0.1, -0.05) is 6.07 Å². The number of rotatable bonds is 3. The fraction of sp³-hybridized carbons (Fsp3) is 0.200. The van der Waals surface area contributed by atoms with Crippen molar-refractivity contribution in [1.82, 2.24) is 4.68 Å². The van der Waals surface area contributed by atoms with Crippen molar-refractivity contribution in [3.05, 3.63) is 30.5 Å². The van der Waals surface area contributed by atoms with Crippen LogP contribution in [0.25, 0.3) is 10.9 Å². The molecule has 0 saturated carbocycles. The molecule has 0 unspecified atom stereocenters. The highest BCUT2D eigenvalue weighted by molar-refractivity contribution is 5.91. The lowest BCUT2D eigenvalue weighted by atomic mass is 10.2. The van der Waals surface area contributed by atoms with E-state index in [0.717, 1.165) is 16.6 Å². The second-order valence-corrected chi connectivity index (χ2v) is 3.10. The lowest BCUT2D eigenvalue weighted by molar-refractivity contribution is 0.307. The van der Waals surface area contributed by atoms with Crippen molar-refractivity contribution in [2.75, 3.05) is 24.3 Å². The molecule has 0 aliphatic rings. The van der Waals surface area contributed by atoms with Crippen molar-refractivity contribution >= 4 is 16.6 Å². The van der Waals surface area contributed by atoms with Crippen LogP contribution in [0, 0.1) is 0 Å². The standard InChI is InChI=1S/C10H13N3O/c11-9-2-1-3-10-8(9)4-6-13(10)12-5-7-14/h1-4,6,12,14H,5,7,11H2. The third kappa shape index (κ3) is 1.40. The van der Waals surface area contributed by atoms with E-state index < -0.39 is 0 Å². The molecule has 0 spiro atoms. The Morgan fingerprint density at radius 3 is 3.00 bits per heavy atom. The number of aliphatic hydroxyl groups excluding tert-OH is 1. The minimum atomic E-state index is 0.113. The quantitative estimate of drug-likeness (QED) is 0.627. The van der Waals surface area contributed by atoms with Gasteiger partial charge in [0, 0.05) is 17.3 Å². The highest BCUT2D eigenvalue weighted by Crippen LogP contribution is 2.20. The zero-order valence-corrected chi connectivity index (χ0v) is 7.77. The molecule has 4 nitrogen and oxygen atoms in total. The van der Waals surface area contributed by atoms with Crippen LogP contribution in [0.15, 0.2) is 30.5 Å². The van der Waals surface area contributed by atoms with Crippen LogP contribution in [-0.4, -0.2) is 22.9 Å². The van der Waals surface area contributed by atoms with E-state index in [9.17, 15) is 0 Å². The summed E-state index contributed by atoms with van der Waals surface area (Å²) in [5.74, 6) is 0. The molecule has 1 heterocycles. The van der Waals surface area contributed by atoms with Gasteiger partial charge in [0.2, 0.25) is 0 Å². The van der Waals surface area contributed by atoms with E-state index in [0.29, 0.717) is 6.54 Å². The third-order valence-corrected chi connectivity index (χ3v) is 2.16. The number of nitrogens with two attached hydrogens (primary N) is 1. The zero-order chi connectivity index (χ0) is 9.97. The topological polar surface area (TPSA) is 63.2 Å². The molecule has 0 amide bonds. The summed E-state index contributed by atoms with van der Waals surface area (Å²) in [6.45, 7) is 0.639. The van der Waals surface area contributed by atoms with Crippen LogP contribution in [0.2, 0.25) is 0 Å². The number of nitrogens with zero attached hydrogens (tertiary/aromatic N) is 1. The summed E-state index contributed by atoms with van der Waals surface area (Å²) in [5.41, 5.74) is 10.7. The fourth-order valence-corrected chi connectivity index (χ4v) is 1.50. The molecule has 0 radical (unpaired) electrons. The van der Waals surface area contributed by atoms with Crippen LogP contribution in [0.5, 0.6) is 0 Å². The average molecular weight is 191 g/mol. The van der Waals surface area contributed by atoms with E-state index >= 15 is 0 Å². The van der Waals surface area contributed by atoms with E-state index in [1.54, 1.807) is 0 Å². The maximum Gasteiger partial charge on any atom is 0.0713 e. The second-order valence-electron chi connectivity index (χ2n) is 3.10. The van der Waals surface area contributed by atoms with Gasteiger partial charge in [-0.05, 0) is 18.2 Å². The van der Waals surface area contributed by atoms with Crippen molar-refractivity contribution < 1.29 is 5.11 Å². The third-order valence-electron chi connectivity index (χ3n) is 2.16. The Balaban J connectivity index is 2.42. The van der Waals surface area contributed by atoms with Crippen LogP contribution >= 0.6 is 0 Å². The van der Waals surface area contributed by atoms with Crippen molar-refractivity contribution in [2.24, 2.45) is 0 Å². The summed E-state index contributed by atoms with van der Waals surface area (Å²) < 4.78 is 1.86. The number of nitrogen functional groups attached to an aromatic ring is 1. The predicted octanol–water partition coefficient (Wildman–Crippen LogP) is 0.759. The molecule has 4 heteroatoms. The number of fused-ring (bicyclic) bond motifs is 1. The number of benzene rings is 1. The Kier molecular flexibility index (Phi) is 2.28. The van der Waals surface area contributed by atoms with Crippen LogP contribution in [0.4, 0.5) is 5.69 Å². The van der Waals surface area contributed by atoms with Gasteiger partial charge in [-0.25, -0.2) is 0 Å². The van der Waals surface area contributed by atoms with Gasteiger partial charge in [-0.15, -0.1) is 0 Å². The van der Waals surface area contributed by atoms with Gasteiger partial charge in [0.25, 0.3) is 0 Å². The molecule has 0 aliphatic heterocycles. The van der Waals surface area contributed by atoms with E-state index in [-0.39, 0.29) is 6.61 Å². The van der Waals surface area contributed by atoms with Crippen LogP contribution < -0.4 is 11.2 Å². The summed E-state index contributed by atoms with van der Waals surface area (Å²) in [7, 11) is 0. The molecule has 0 bridgehead atoms. The molecule has 14 heavy (non-hydrogen) atoms. The summed E-state index contributed by atoms with van der Waals surface area (Å²) in [4.78, 5) is 0. The molecule has 1 aromatic carbocycles. The number of aliphatic hydroxyl groups is 1. The lowest BCUT2D eigenvalue weighted by Gasteiger charge is -2.07. The molecule has 0 aliphatic carbocycles. The summed E-state index contributed by atoms with van der Waals surface area (Å²) in [6, 6.07) is 7.72. The Morgan fingerprint density at radius 2 is 2.21 bits per heavy atom. The van der Waals surface area contributed by atoms with E-state index in [1.807, 2.05) is 35.1 Å². The Morgan fingerprint density at radius 1 is 1.36 bits per heavy atom. The summed E-state index contributed by atoms with van der Waals surface area (Å²) in [5, 5.41) is 9.72. The fourth-order valence-electron chi connectivity index (χ4n) is 1.50. The first kappa shape index (κ1) is 8.90. The lowest BCUT2D eigenvalue weighted by Crippen LogP contribution is -2.17. The number of hydrogen-bond donors (Lipinski definition) is 3. The predicted molar refractivity (Wildman–Crippen MR) is 57.7 cm³/mol. The molecule has 2 rings (SSSR count). The van der Waals surface area contributed by atoms with Crippen LogP contribution in [0.1, 0.15) is 0 Å². The van der Waals surface area contributed by atoms with Crippen LogP contribution in [-0.2, 0) is 0 Å². The van der Waals surface area contributed by atoms with Crippen molar-refractivity contribution in [3.63, 3.8) is 0 Å². The minimum absolute atomic E-state index is 0.113. The Hall–Kier alpha value is -1.68. The van der Waals surface area contributed by atoms with Gasteiger partial charge in [0.05, 0.1) is 18.7 Å². The molecule has 4 N–H and O–H groups in total. The van der Waals surface area contributed by atoms with Gasteiger partial charge in [-0.2, -0.15) is 0 Å². The van der Waals surface area contributed by atoms with Gasteiger partial charge in [0.1, 0.15) is 0 Å². The molecule has 2 aromatic rings. The SMILES string of the molecule is Nc1cccc2c1ccn2NCCO. The molecule has 74 valence electrons. The largest absolute Gasteiger partial charge is 0.398 e. The normalized spacial score (nSPS) is 10.6. The highest BCUT2D eigenvalue weighted by atomic mass is 16.3. The molecule has 0 saturated heterocycles. The molecule has 1 aromatic heterocycles. The molecular formula is C10H13N3O. The number of hydrogen-bond acceptors (Lipinski definition) is 3. The first-order chi connectivity index (χ1) is 6.83. The van der Waals surface area contributed by atoms with E-state index in [1.165, 1.54) is 0 Å². The maximum absolute atomic E-state index is 8.69. The zero-order valence-electron chi connectivity index (χ0n) is 7.77. The Labute approximate surface area is 81.9 Å². The van der Waals surface area contributed by atoms with Gasteiger partial charge in [0.15, 0.2) is 0 Å². The monoisotopic (exact) mass is 191 g/mol. The first-order valence-electron chi connectivity index (χ1n) is 4.53.